The zero-order chi connectivity index (χ0) is 14.9. The van der Waals surface area contributed by atoms with Crippen LogP contribution in [0.4, 0.5) is 0 Å². The topological polar surface area (TPSA) is 56.9 Å². The van der Waals surface area contributed by atoms with Crippen LogP contribution < -0.4 is 5.56 Å². The molecule has 2 aromatic rings. The van der Waals surface area contributed by atoms with Crippen molar-refractivity contribution < 1.29 is 4.79 Å². The first kappa shape index (κ1) is 14.2. The number of hydrogen-bond acceptors (Lipinski definition) is 3. The van der Waals surface area contributed by atoms with Gasteiger partial charge in [0.15, 0.2) is 5.78 Å². The summed E-state index contributed by atoms with van der Waals surface area (Å²) in [6.07, 6.45) is 1.59. The molecule has 0 N–H and O–H groups in total. The van der Waals surface area contributed by atoms with Crippen molar-refractivity contribution in [3.63, 3.8) is 0 Å². The first-order valence-corrected chi connectivity index (χ1v) is 6.67. The molecule has 5 nitrogen and oxygen atoms in total. The number of nitrogens with zero attached hydrogens (tertiary/aromatic N) is 3. The van der Waals surface area contributed by atoms with Crippen LogP contribution in [-0.4, -0.2) is 20.1 Å². The number of Topliss-reactive ketones (excluding diaryl/α,β-unsaturated/α-hetero) is 1. The van der Waals surface area contributed by atoms with Crippen molar-refractivity contribution in [1.82, 2.24) is 14.3 Å². The highest BCUT2D eigenvalue weighted by Crippen LogP contribution is 2.15. The Balaban J connectivity index is 2.31. The predicted molar refractivity (Wildman–Crippen MR) is 77.1 cm³/mol. The lowest BCUT2D eigenvalue weighted by atomic mass is 10.1. The van der Waals surface area contributed by atoms with Crippen molar-refractivity contribution in [2.45, 2.75) is 40.8 Å². The average Bonchev–Trinajstić information content (AvgIpc) is 2.68. The van der Waals surface area contributed by atoms with Gasteiger partial charge in [-0.15, -0.1) is 0 Å². The second-order valence-corrected chi connectivity index (χ2v) is 4.98. The van der Waals surface area contributed by atoms with E-state index < -0.39 is 0 Å². The van der Waals surface area contributed by atoms with Crippen LogP contribution in [0.2, 0.25) is 0 Å². The molecule has 0 aromatic carbocycles. The van der Waals surface area contributed by atoms with Crippen molar-refractivity contribution in [2.75, 3.05) is 0 Å². The van der Waals surface area contributed by atoms with E-state index in [4.69, 9.17) is 0 Å². The van der Waals surface area contributed by atoms with Crippen LogP contribution >= 0.6 is 0 Å². The zero-order valence-electron chi connectivity index (χ0n) is 12.3. The molecule has 0 fully saturated rings. The molecule has 2 aromatic heterocycles. The van der Waals surface area contributed by atoms with Gasteiger partial charge in [0.05, 0.1) is 6.20 Å². The smallest absolute Gasteiger partial charge is 0.267 e. The van der Waals surface area contributed by atoms with Crippen molar-refractivity contribution in [3.8, 4) is 0 Å². The van der Waals surface area contributed by atoms with Gasteiger partial charge in [-0.05, 0) is 39.3 Å². The van der Waals surface area contributed by atoms with E-state index in [-0.39, 0.29) is 17.9 Å². The lowest BCUT2D eigenvalue weighted by molar-refractivity contribution is 0.0965. The van der Waals surface area contributed by atoms with Gasteiger partial charge in [0.1, 0.15) is 6.54 Å². The van der Waals surface area contributed by atoms with E-state index in [9.17, 15) is 9.59 Å². The van der Waals surface area contributed by atoms with Gasteiger partial charge in [-0.3, -0.25) is 9.59 Å². The number of hydrogen-bond donors (Lipinski definition) is 0. The fraction of sp³-hybridized carbons (Fsp3) is 0.400. The van der Waals surface area contributed by atoms with E-state index in [1.165, 1.54) is 10.7 Å². The number of rotatable bonds is 4. The molecule has 0 aliphatic carbocycles. The Morgan fingerprint density at radius 3 is 2.50 bits per heavy atom. The first-order chi connectivity index (χ1) is 9.43. The maximum Gasteiger partial charge on any atom is 0.267 e. The van der Waals surface area contributed by atoms with Gasteiger partial charge in [0.25, 0.3) is 5.56 Å². The number of ketones is 1. The van der Waals surface area contributed by atoms with Gasteiger partial charge in [0, 0.05) is 29.6 Å². The highest BCUT2D eigenvalue weighted by molar-refractivity contribution is 5.97. The van der Waals surface area contributed by atoms with Crippen molar-refractivity contribution >= 4 is 5.78 Å². The Bertz CT molecular complexity index is 710. The second-order valence-electron chi connectivity index (χ2n) is 4.98. The summed E-state index contributed by atoms with van der Waals surface area (Å²) >= 11 is 0. The van der Waals surface area contributed by atoms with Crippen LogP contribution in [0.1, 0.15) is 34.2 Å². The van der Waals surface area contributed by atoms with E-state index in [2.05, 4.69) is 9.67 Å². The molecule has 0 saturated carbocycles. The molecule has 0 radical (unpaired) electrons. The van der Waals surface area contributed by atoms with Crippen LogP contribution in [0, 0.1) is 20.8 Å². The SMILES string of the molecule is CCn1c(C)cc(C(=O)Cn2ncc(C)cc2=O)c1C. The Hall–Kier alpha value is -2.17. The average molecular weight is 273 g/mol. The molecule has 20 heavy (non-hydrogen) atoms. The molecule has 106 valence electrons. The van der Waals surface area contributed by atoms with Gasteiger partial charge < -0.3 is 4.57 Å². The van der Waals surface area contributed by atoms with Crippen LogP contribution in [0.3, 0.4) is 0 Å². The lowest BCUT2D eigenvalue weighted by Gasteiger charge is -2.06. The third-order valence-electron chi connectivity index (χ3n) is 3.49. The third kappa shape index (κ3) is 2.57. The molecular formula is C15H19N3O2. The number of aromatic nitrogens is 3. The molecule has 0 saturated heterocycles. The molecule has 0 bridgehead atoms. The second kappa shape index (κ2) is 5.45. The predicted octanol–water partition coefficient (Wildman–Crippen LogP) is 1.87. The van der Waals surface area contributed by atoms with Gasteiger partial charge in [-0.1, -0.05) is 0 Å². The van der Waals surface area contributed by atoms with Gasteiger partial charge in [0.2, 0.25) is 0 Å². The fourth-order valence-corrected chi connectivity index (χ4v) is 2.43. The molecule has 0 aliphatic rings. The summed E-state index contributed by atoms with van der Waals surface area (Å²) in [5.74, 6) is -0.0868. The quantitative estimate of drug-likeness (QED) is 0.799. The van der Waals surface area contributed by atoms with Crippen LogP contribution in [0.5, 0.6) is 0 Å². The van der Waals surface area contributed by atoms with Crippen LogP contribution in [-0.2, 0) is 13.1 Å². The Kier molecular flexibility index (Phi) is 3.88. The van der Waals surface area contributed by atoms with E-state index in [0.29, 0.717) is 5.56 Å². The minimum Gasteiger partial charge on any atom is -0.349 e. The van der Waals surface area contributed by atoms with Crippen LogP contribution in [0.25, 0.3) is 0 Å². The molecule has 2 rings (SSSR count). The van der Waals surface area contributed by atoms with Gasteiger partial charge in [-0.25, -0.2) is 4.68 Å². The molecule has 0 atom stereocenters. The highest BCUT2D eigenvalue weighted by atomic mass is 16.1. The standard InChI is InChI=1S/C15H19N3O2/c1-5-17-11(3)7-13(12(17)4)14(19)9-18-15(20)6-10(2)8-16-18/h6-8H,5,9H2,1-4H3. The Morgan fingerprint density at radius 2 is 1.95 bits per heavy atom. The summed E-state index contributed by atoms with van der Waals surface area (Å²) in [4.78, 5) is 24.1. The number of carbonyl (C=O) groups is 1. The molecular weight excluding hydrogens is 254 g/mol. The summed E-state index contributed by atoms with van der Waals surface area (Å²) in [5, 5.41) is 4.00. The van der Waals surface area contributed by atoms with Crippen molar-refractivity contribution in [3.05, 3.63) is 51.2 Å². The van der Waals surface area contributed by atoms with Gasteiger partial charge >= 0.3 is 0 Å². The van der Waals surface area contributed by atoms with Gasteiger partial charge in [-0.2, -0.15) is 5.10 Å². The van der Waals surface area contributed by atoms with E-state index in [1.807, 2.05) is 26.8 Å². The summed E-state index contributed by atoms with van der Waals surface area (Å²) < 4.78 is 3.28. The minimum absolute atomic E-state index is 0.0207. The third-order valence-corrected chi connectivity index (χ3v) is 3.49. The zero-order valence-corrected chi connectivity index (χ0v) is 12.3. The summed E-state index contributed by atoms with van der Waals surface area (Å²) in [7, 11) is 0. The number of carbonyl (C=O) groups excluding carboxylic acids is 1. The number of aryl methyl sites for hydroxylation is 2. The minimum atomic E-state index is -0.248. The molecule has 0 spiro atoms. The molecule has 2 heterocycles. The lowest BCUT2D eigenvalue weighted by Crippen LogP contribution is -2.26. The maximum atomic E-state index is 12.3. The molecule has 0 unspecified atom stereocenters. The fourth-order valence-electron chi connectivity index (χ4n) is 2.43. The van der Waals surface area contributed by atoms with E-state index in [1.54, 1.807) is 13.1 Å². The summed E-state index contributed by atoms with van der Waals surface area (Å²) in [6.45, 7) is 8.55. The monoisotopic (exact) mass is 273 g/mol. The largest absolute Gasteiger partial charge is 0.349 e. The summed E-state index contributed by atoms with van der Waals surface area (Å²) in [6, 6.07) is 3.36. The molecule has 0 amide bonds. The first-order valence-electron chi connectivity index (χ1n) is 6.67. The van der Waals surface area contributed by atoms with E-state index >= 15 is 0 Å². The van der Waals surface area contributed by atoms with Crippen LogP contribution in [0.15, 0.2) is 23.1 Å². The molecule has 5 heteroatoms. The van der Waals surface area contributed by atoms with E-state index in [0.717, 1.165) is 23.5 Å². The Labute approximate surface area is 117 Å². The van der Waals surface area contributed by atoms with Crippen molar-refractivity contribution in [2.24, 2.45) is 0 Å². The summed E-state index contributed by atoms with van der Waals surface area (Å²) in [5.41, 5.74) is 3.21. The highest BCUT2D eigenvalue weighted by Gasteiger charge is 2.16. The maximum absolute atomic E-state index is 12.3. The normalized spacial score (nSPS) is 10.8. The Morgan fingerprint density at radius 1 is 1.25 bits per heavy atom. The molecule has 0 aliphatic heterocycles. The van der Waals surface area contributed by atoms with Crippen molar-refractivity contribution in [1.29, 1.82) is 0 Å².